The summed E-state index contributed by atoms with van der Waals surface area (Å²) in [5, 5.41) is 0.768. The topological polar surface area (TPSA) is 72.6 Å². The lowest BCUT2D eigenvalue weighted by Crippen LogP contribution is -2.27. The minimum absolute atomic E-state index is 0.0162. The van der Waals surface area contributed by atoms with Gasteiger partial charge in [0.1, 0.15) is 11.1 Å². The predicted molar refractivity (Wildman–Crippen MR) is 100 cm³/mol. The van der Waals surface area contributed by atoms with Crippen LogP contribution < -0.4 is 15.4 Å². The standard InChI is InChI=1S/C17H14Cl2N2O3S/c18-11-2-4-12(5-3-11)21-16(23)9-25-17(21)10-1-6-14(13(19)7-10)24-8-15(20)22/h1-7,17H,8-9H2,(H2,20,22)/t17-/m1/s1. The Hall–Kier alpha value is -1.89. The number of benzene rings is 2. The van der Waals surface area contributed by atoms with E-state index in [0.717, 1.165) is 11.3 Å². The van der Waals surface area contributed by atoms with Crippen LogP contribution in [0.25, 0.3) is 0 Å². The van der Waals surface area contributed by atoms with E-state index >= 15 is 0 Å². The van der Waals surface area contributed by atoms with Gasteiger partial charge in [-0.15, -0.1) is 11.8 Å². The maximum atomic E-state index is 12.3. The molecule has 1 atom stereocenters. The highest BCUT2D eigenvalue weighted by atomic mass is 35.5. The summed E-state index contributed by atoms with van der Waals surface area (Å²) >= 11 is 13.7. The summed E-state index contributed by atoms with van der Waals surface area (Å²) in [7, 11) is 0. The molecule has 5 nitrogen and oxygen atoms in total. The van der Waals surface area contributed by atoms with Gasteiger partial charge in [-0.25, -0.2) is 0 Å². The van der Waals surface area contributed by atoms with Crippen LogP contribution in [0, 0.1) is 0 Å². The van der Waals surface area contributed by atoms with Crippen molar-refractivity contribution in [1.82, 2.24) is 0 Å². The molecule has 1 heterocycles. The number of nitrogens with zero attached hydrogens (tertiary/aromatic N) is 1. The van der Waals surface area contributed by atoms with Gasteiger partial charge in [-0.05, 0) is 42.0 Å². The van der Waals surface area contributed by atoms with Crippen LogP contribution in [0.2, 0.25) is 10.0 Å². The molecule has 130 valence electrons. The number of hydrogen-bond acceptors (Lipinski definition) is 4. The van der Waals surface area contributed by atoms with Gasteiger partial charge >= 0.3 is 0 Å². The largest absolute Gasteiger partial charge is 0.482 e. The number of carbonyl (C=O) groups excluding carboxylic acids is 2. The van der Waals surface area contributed by atoms with Gasteiger partial charge in [-0.2, -0.15) is 0 Å². The molecule has 0 unspecified atom stereocenters. The van der Waals surface area contributed by atoms with Crippen molar-refractivity contribution >= 4 is 52.5 Å². The molecule has 2 N–H and O–H groups in total. The molecule has 0 spiro atoms. The molecule has 2 amide bonds. The SMILES string of the molecule is NC(=O)COc1ccc([C@H]2SCC(=O)N2c2ccc(Cl)cc2)cc1Cl. The third-order valence-corrected chi connectivity index (χ3v) is 5.34. The van der Waals surface area contributed by atoms with E-state index in [4.69, 9.17) is 33.7 Å². The van der Waals surface area contributed by atoms with Crippen molar-refractivity contribution < 1.29 is 14.3 Å². The normalized spacial score (nSPS) is 17.0. The lowest BCUT2D eigenvalue weighted by Gasteiger charge is -2.24. The van der Waals surface area contributed by atoms with Crippen molar-refractivity contribution in [1.29, 1.82) is 0 Å². The van der Waals surface area contributed by atoms with Gasteiger partial charge in [0.15, 0.2) is 6.61 Å². The number of rotatable bonds is 5. The summed E-state index contributed by atoms with van der Waals surface area (Å²) in [4.78, 5) is 24.9. The molecule has 0 bridgehead atoms. The molecule has 1 aliphatic rings. The molecule has 0 aliphatic carbocycles. The van der Waals surface area contributed by atoms with E-state index < -0.39 is 5.91 Å². The smallest absolute Gasteiger partial charge is 0.255 e. The number of primary amides is 1. The summed E-state index contributed by atoms with van der Waals surface area (Å²) in [6.07, 6.45) is 0. The van der Waals surface area contributed by atoms with Gasteiger partial charge in [0.05, 0.1) is 10.8 Å². The fraction of sp³-hybridized carbons (Fsp3) is 0.176. The highest BCUT2D eigenvalue weighted by molar-refractivity contribution is 8.00. The number of carbonyl (C=O) groups is 2. The lowest BCUT2D eigenvalue weighted by atomic mass is 10.1. The van der Waals surface area contributed by atoms with E-state index in [1.807, 2.05) is 18.2 Å². The molecule has 2 aromatic rings. The van der Waals surface area contributed by atoms with E-state index in [0.29, 0.717) is 21.5 Å². The molecule has 0 saturated carbocycles. The number of nitrogens with two attached hydrogens (primary N) is 1. The second-order valence-electron chi connectivity index (χ2n) is 5.35. The highest BCUT2D eigenvalue weighted by Gasteiger charge is 2.34. The Morgan fingerprint density at radius 2 is 1.96 bits per heavy atom. The van der Waals surface area contributed by atoms with Gasteiger partial charge in [-0.3, -0.25) is 14.5 Å². The van der Waals surface area contributed by atoms with Crippen molar-refractivity contribution in [3.05, 3.63) is 58.1 Å². The van der Waals surface area contributed by atoms with Crippen LogP contribution >= 0.6 is 35.0 Å². The van der Waals surface area contributed by atoms with Crippen molar-refractivity contribution in [2.45, 2.75) is 5.37 Å². The molecule has 1 fully saturated rings. The maximum Gasteiger partial charge on any atom is 0.255 e. The number of halogens is 2. The molecular weight excluding hydrogens is 383 g/mol. The minimum atomic E-state index is -0.578. The van der Waals surface area contributed by atoms with Crippen LogP contribution in [0.4, 0.5) is 5.69 Å². The molecule has 1 saturated heterocycles. The first-order valence-electron chi connectivity index (χ1n) is 7.35. The number of anilines is 1. The van der Waals surface area contributed by atoms with Crippen LogP contribution in [0.3, 0.4) is 0 Å². The zero-order valence-electron chi connectivity index (χ0n) is 12.9. The van der Waals surface area contributed by atoms with Crippen molar-refractivity contribution in [3.63, 3.8) is 0 Å². The van der Waals surface area contributed by atoms with Crippen molar-refractivity contribution in [2.75, 3.05) is 17.3 Å². The summed E-state index contributed by atoms with van der Waals surface area (Å²) in [6.45, 7) is -0.243. The van der Waals surface area contributed by atoms with Gasteiger partial charge in [-0.1, -0.05) is 29.3 Å². The average Bonchev–Trinajstić information content (AvgIpc) is 2.96. The zero-order chi connectivity index (χ0) is 18.0. The first kappa shape index (κ1) is 17.9. The summed E-state index contributed by atoms with van der Waals surface area (Å²) in [6, 6.07) is 12.3. The van der Waals surface area contributed by atoms with Crippen LogP contribution in [0.1, 0.15) is 10.9 Å². The van der Waals surface area contributed by atoms with E-state index in [1.165, 1.54) is 11.8 Å². The molecular formula is C17H14Cl2N2O3S. The number of ether oxygens (including phenoxy) is 1. The fourth-order valence-corrected chi connectivity index (χ4v) is 4.02. The zero-order valence-corrected chi connectivity index (χ0v) is 15.3. The number of hydrogen-bond donors (Lipinski definition) is 1. The average molecular weight is 397 g/mol. The lowest BCUT2D eigenvalue weighted by molar-refractivity contribution is -0.120. The Bertz CT molecular complexity index is 814. The summed E-state index contributed by atoms with van der Waals surface area (Å²) in [5.41, 5.74) is 6.70. The second kappa shape index (κ2) is 7.56. The maximum absolute atomic E-state index is 12.3. The van der Waals surface area contributed by atoms with E-state index in [1.54, 1.807) is 29.2 Å². The molecule has 0 radical (unpaired) electrons. The Kier molecular flexibility index (Phi) is 5.42. The molecule has 8 heteroatoms. The van der Waals surface area contributed by atoms with E-state index in [9.17, 15) is 9.59 Å². The van der Waals surface area contributed by atoms with Gasteiger partial charge in [0, 0.05) is 10.7 Å². The van der Waals surface area contributed by atoms with Crippen LogP contribution in [0.15, 0.2) is 42.5 Å². The molecule has 2 aromatic carbocycles. The third-order valence-electron chi connectivity index (χ3n) is 3.58. The Labute approximate surface area is 159 Å². The van der Waals surface area contributed by atoms with Gasteiger partial charge < -0.3 is 10.5 Å². The number of thioether (sulfide) groups is 1. The van der Waals surface area contributed by atoms with Gasteiger partial charge in [0.2, 0.25) is 5.91 Å². The minimum Gasteiger partial charge on any atom is -0.482 e. The van der Waals surface area contributed by atoms with E-state index in [-0.39, 0.29) is 17.9 Å². The quantitative estimate of drug-likeness (QED) is 0.836. The summed E-state index contributed by atoms with van der Waals surface area (Å²) in [5.74, 6) is 0.190. The Morgan fingerprint density at radius 1 is 1.24 bits per heavy atom. The molecule has 1 aliphatic heterocycles. The Morgan fingerprint density at radius 3 is 2.60 bits per heavy atom. The van der Waals surface area contributed by atoms with Crippen LogP contribution in [0.5, 0.6) is 5.75 Å². The van der Waals surface area contributed by atoms with Crippen LogP contribution in [-0.2, 0) is 9.59 Å². The van der Waals surface area contributed by atoms with E-state index in [2.05, 4.69) is 0 Å². The number of amides is 2. The molecule has 0 aromatic heterocycles. The highest BCUT2D eigenvalue weighted by Crippen LogP contribution is 2.43. The van der Waals surface area contributed by atoms with Crippen molar-refractivity contribution in [3.8, 4) is 5.75 Å². The first-order valence-corrected chi connectivity index (χ1v) is 9.16. The third kappa shape index (κ3) is 4.03. The van der Waals surface area contributed by atoms with Crippen molar-refractivity contribution in [2.24, 2.45) is 5.73 Å². The molecule has 3 rings (SSSR count). The fourth-order valence-electron chi connectivity index (χ4n) is 2.49. The van der Waals surface area contributed by atoms with Gasteiger partial charge in [0.25, 0.3) is 5.91 Å². The van der Waals surface area contributed by atoms with Crippen LogP contribution in [-0.4, -0.2) is 24.2 Å². The monoisotopic (exact) mass is 396 g/mol. The summed E-state index contributed by atoms with van der Waals surface area (Å²) < 4.78 is 5.25. The second-order valence-corrected chi connectivity index (χ2v) is 7.26. The Balaban J connectivity index is 1.86. The molecule has 25 heavy (non-hydrogen) atoms. The first-order chi connectivity index (χ1) is 12.0. The predicted octanol–water partition coefficient (Wildman–Crippen LogP) is 3.64.